The fourth-order valence-corrected chi connectivity index (χ4v) is 3.65. The van der Waals surface area contributed by atoms with Gasteiger partial charge in [0, 0.05) is 29.6 Å². The predicted molar refractivity (Wildman–Crippen MR) is 78.8 cm³/mol. The Bertz CT molecular complexity index is 728. The van der Waals surface area contributed by atoms with Crippen molar-refractivity contribution in [2.24, 2.45) is 5.92 Å². The molecule has 0 amide bonds. The second kappa shape index (κ2) is 4.83. The Morgan fingerprint density at radius 1 is 1.18 bits per heavy atom. The Morgan fingerprint density at radius 3 is 2.77 bits per heavy atom. The molecule has 1 aromatic carbocycles. The minimum Gasteiger partial charge on any atom is -0.458 e. The Labute approximate surface area is 128 Å². The third kappa shape index (κ3) is 1.98. The van der Waals surface area contributed by atoms with Crippen molar-refractivity contribution in [3.63, 3.8) is 0 Å². The van der Waals surface area contributed by atoms with Crippen molar-refractivity contribution in [1.82, 2.24) is 0 Å². The van der Waals surface area contributed by atoms with E-state index in [0.29, 0.717) is 12.0 Å². The zero-order valence-electron chi connectivity index (χ0n) is 12.2. The molecular weight excluding hydrogens is 280 g/mol. The molecule has 112 valence electrons. The summed E-state index contributed by atoms with van der Waals surface area (Å²) in [6.07, 6.45) is 3.83. The summed E-state index contributed by atoms with van der Waals surface area (Å²) in [6.45, 7) is 1.68. The smallest absolute Gasteiger partial charge is 0.336 e. The Kier molecular flexibility index (Phi) is 2.93. The summed E-state index contributed by atoms with van der Waals surface area (Å²) >= 11 is 0. The van der Waals surface area contributed by atoms with Gasteiger partial charge >= 0.3 is 5.97 Å². The number of fused-ring (bicyclic) bond motifs is 3. The Hall–Kier alpha value is -2.36. The highest BCUT2D eigenvalue weighted by Crippen LogP contribution is 2.49. The van der Waals surface area contributed by atoms with E-state index in [1.165, 1.54) is 17.4 Å². The first-order chi connectivity index (χ1) is 10.6. The fourth-order valence-electron chi connectivity index (χ4n) is 3.65. The third-order valence-electron chi connectivity index (χ3n) is 4.77. The number of cyclic esters (lactones) is 1. The first-order valence-electron chi connectivity index (χ1n) is 7.49. The number of ketones is 1. The standard InChI is InChI=1S/C18H16O4/c1-10-6-17(22-18(10)20)21-9-15-13-7-11-4-2-3-5-12(11)14(13)8-16(15)19/h2-6,9,13-14,17H,7-8H2,1H3/b15-9+/t13-,14+,17+/m0/s1. The second-order valence-electron chi connectivity index (χ2n) is 6.08. The van der Waals surface area contributed by atoms with E-state index in [-0.39, 0.29) is 23.6 Å². The van der Waals surface area contributed by atoms with Gasteiger partial charge in [-0.3, -0.25) is 4.79 Å². The van der Waals surface area contributed by atoms with Gasteiger partial charge in [-0.15, -0.1) is 0 Å². The lowest BCUT2D eigenvalue weighted by molar-refractivity contribution is -0.152. The molecule has 1 saturated carbocycles. The molecule has 2 aliphatic carbocycles. The lowest BCUT2D eigenvalue weighted by Crippen LogP contribution is -2.11. The zero-order valence-corrected chi connectivity index (χ0v) is 12.2. The van der Waals surface area contributed by atoms with Crippen LogP contribution in [-0.4, -0.2) is 18.0 Å². The number of allylic oxidation sites excluding steroid dienone is 1. The summed E-state index contributed by atoms with van der Waals surface area (Å²) in [5, 5.41) is 0. The molecule has 4 rings (SSSR count). The first kappa shape index (κ1) is 13.3. The third-order valence-corrected chi connectivity index (χ3v) is 4.77. The van der Waals surface area contributed by atoms with Crippen molar-refractivity contribution < 1.29 is 19.1 Å². The van der Waals surface area contributed by atoms with Crippen LogP contribution in [0.3, 0.4) is 0 Å². The molecule has 1 aliphatic heterocycles. The van der Waals surface area contributed by atoms with E-state index in [1.54, 1.807) is 13.0 Å². The highest BCUT2D eigenvalue weighted by atomic mass is 16.7. The van der Waals surface area contributed by atoms with Crippen molar-refractivity contribution in [1.29, 1.82) is 0 Å². The summed E-state index contributed by atoms with van der Waals surface area (Å²) in [4.78, 5) is 23.6. The van der Waals surface area contributed by atoms with Crippen molar-refractivity contribution >= 4 is 11.8 Å². The molecule has 22 heavy (non-hydrogen) atoms. The number of carbonyl (C=O) groups is 2. The minimum atomic E-state index is -0.712. The van der Waals surface area contributed by atoms with E-state index in [9.17, 15) is 9.59 Å². The van der Waals surface area contributed by atoms with E-state index in [1.807, 2.05) is 12.1 Å². The van der Waals surface area contributed by atoms with E-state index in [4.69, 9.17) is 9.47 Å². The zero-order chi connectivity index (χ0) is 15.3. The van der Waals surface area contributed by atoms with Gasteiger partial charge in [0.2, 0.25) is 0 Å². The molecule has 1 aromatic rings. The van der Waals surface area contributed by atoms with Crippen LogP contribution < -0.4 is 0 Å². The van der Waals surface area contributed by atoms with E-state index >= 15 is 0 Å². The highest BCUT2D eigenvalue weighted by molar-refractivity contribution is 5.99. The highest BCUT2D eigenvalue weighted by Gasteiger charge is 2.44. The van der Waals surface area contributed by atoms with Gasteiger partial charge < -0.3 is 9.47 Å². The quantitative estimate of drug-likeness (QED) is 0.478. The average Bonchev–Trinajstić information content (AvgIpc) is 3.10. The van der Waals surface area contributed by atoms with Crippen LogP contribution >= 0.6 is 0 Å². The average molecular weight is 296 g/mol. The van der Waals surface area contributed by atoms with Crippen LogP contribution in [0.4, 0.5) is 0 Å². The summed E-state index contributed by atoms with van der Waals surface area (Å²) in [5.74, 6) is 0.218. The van der Waals surface area contributed by atoms with Crippen LogP contribution in [-0.2, 0) is 25.5 Å². The van der Waals surface area contributed by atoms with Gasteiger partial charge in [0.05, 0.1) is 6.26 Å². The van der Waals surface area contributed by atoms with Crippen LogP contribution in [0.25, 0.3) is 0 Å². The molecule has 4 nitrogen and oxygen atoms in total. The molecule has 1 heterocycles. The van der Waals surface area contributed by atoms with Gasteiger partial charge in [0.25, 0.3) is 6.29 Å². The van der Waals surface area contributed by atoms with Crippen molar-refractivity contribution in [2.75, 3.05) is 0 Å². The van der Waals surface area contributed by atoms with Crippen molar-refractivity contribution in [3.8, 4) is 0 Å². The van der Waals surface area contributed by atoms with Gasteiger partial charge in [-0.1, -0.05) is 24.3 Å². The van der Waals surface area contributed by atoms with Crippen molar-refractivity contribution in [3.05, 3.63) is 58.9 Å². The number of hydrogen-bond donors (Lipinski definition) is 0. The van der Waals surface area contributed by atoms with Crippen molar-refractivity contribution in [2.45, 2.75) is 32.0 Å². The topological polar surface area (TPSA) is 52.6 Å². The molecule has 0 unspecified atom stereocenters. The van der Waals surface area contributed by atoms with Crippen LogP contribution in [0.1, 0.15) is 30.4 Å². The number of ether oxygens (including phenoxy) is 2. The lowest BCUT2D eigenvalue weighted by atomic mass is 9.95. The molecule has 1 fully saturated rings. The molecular formula is C18H16O4. The van der Waals surface area contributed by atoms with Crippen LogP contribution in [0.15, 0.2) is 47.7 Å². The summed E-state index contributed by atoms with van der Waals surface area (Å²) in [6, 6.07) is 8.30. The number of carbonyl (C=O) groups excluding carboxylic acids is 2. The SMILES string of the molecule is CC1=C[C@H](O/C=C2/C(=O)C[C@@H]3c4ccccc4C[C@H]23)OC1=O. The van der Waals surface area contributed by atoms with Gasteiger partial charge in [-0.05, 0) is 30.4 Å². The number of rotatable bonds is 2. The molecule has 3 aliphatic rings. The number of Topliss-reactive ketones (excluding diaryl/α,β-unsaturated/α-hetero) is 1. The Morgan fingerprint density at radius 2 is 2.00 bits per heavy atom. The van der Waals surface area contributed by atoms with Crippen LogP contribution in [0.5, 0.6) is 0 Å². The van der Waals surface area contributed by atoms with Gasteiger partial charge in [0.1, 0.15) is 0 Å². The number of esters is 1. The maximum absolute atomic E-state index is 12.3. The second-order valence-corrected chi connectivity index (χ2v) is 6.08. The van der Waals surface area contributed by atoms with Crippen LogP contribution in [0.2, 0.25) is 0 Å². The van der Waals surface area contributed by atoms with Gasteiger partial charge in [-0.25, -0.2) is 4.79 Å². The van der Waals surface area contributed by atoms with E-state index in [0.717, 1.165) is 12.0 Å². The van der Waals surface area contributed by atoms with Gasteiger partial charge in [-0.2, -0.15) is 0 Å². The van der Waals surface area contributed by atoms with E-state index in [2.05, 4.69) is 12.1 Å². The molecule has 0 radical (unpaired) electrons. The molecule has 0 saturated heterocycles. The number of hydrogen-bond acceptors (Lipinski definition) is 4. The maximum atomic E-state index is 12.3. The summed E-state index contributed by atoms with van der Waals surface area (Å²) in [7, 11) is 0. The van der Waals surface area contributed by atoms with Gasteiger partial charge in [0.15, 0.2) is 5.78 Å². The fraction of sp³-hybridized carbons (Fsp3) is 0.333. The summed E-state index contributed by atoms with van der Waals surface area (Å²) < 4.78 is 10.5. The molecule has 3 atom stereocenters. The largest absolute Gasteiger partial charge is 0.458 e. The molecule has 0 aromatic heterocycles. The normalized spacial score (nSPS) is 31.0. The minimum absolute atomic E-state index is 0.134. The Balaban J connectivity index is 1.55. The predicted octanol–water partition coefficient (Wildman–Crippen LogP) is 2.65. The van der Waals surface area contributed by atoms with E-state index < -0.39 is 6.29 Å². The number of benzene rings is 1. The molecule has 0 spiro atoms. The summed E-state index contributed by atoms with van der Waals surface area (Å²) in [5.41, 5.74) is 3.86. The molecule has 0 bridgehead atoms. The molecule has 4 heteroatoms. The first-order valence-corrected chi connectivity index (χ1v) is 7.49. The molecule has 0 N–H and O–H groups in total. The maximum Gasteiger partial charge on any atom is 0.336 e. The van der Waals surface area contributed by atoms with Crippen LogP contribution in [0, 0.1) is 5.92 Å². The lowest BCUT2D eigenvalue weighted by Gasteiger charge is -2.12. The monoisotopic (exact) mass is 296 g/mol.